The van der Waals surface area contributed by atoms with Gasteiger partial charge in [-0.3, -0.25) is 0 Å². The van der Waals surface area contributed by atoms with E-state index in [4.69, 9.17) is 18.9 Å². The van der Waals surface area contributed by atoms with Crippen LogP contribution in [-0.2, 0) is 18.9 Å². The average molecular weight is 383 g/mol. The second-order valence-corrected chi connectivity index (χ2v) is 4.83. The Balaban J connectivity index is -0.0000000708. The number of unbranched alkanes of at least 4 members (excludes halogenated alkanes) is 3. The van der Waals surface area contributed by atoms with E-state index in [2.05, 4.69) is 13.8 Å². The smallest absolute Gasteiger partial charge is 0.0437 e. The van der Waals surface area contributed by atoms with Crippen LogP contribution < -0.4 is 0 Å². The van der Waals surface area contributed by atoms with Crippen LogP contribution in [0.25, 0.3) is 0 Å². The van der Waals surface area contributed by atoms with Gasteiger partial charge >= 0.3 is 0 Å². The number of hydrogen-bond donors (Lipinski definition) is 0. The van der Waals surface area contributed by atoms with Gasteiger partial charge in [-0.25, -0.2) is 0 Å². The van der Waals surface area contributed by atoms with Crippen molar-refractivity contribution >= 4 is 0 Å². The zero-order valence-electron chi connectivity index (χ0n) is 20.1. The molecule has 0 heterocycles. The highest BCUT2D eigenvalue weighted by Gasteiger charge is 1.75. The van der Waals surface area contributed by atoms with Crippen molar-refractivity contribution in [1.82, 2.24) is 0 Å². The number of hydrogen-bond acceptors (Lipinski definition) is 4. The van der Waals surface area contributed by atoms with Crippen molar-refractivity contribution in [2.24, 2.45) is 0 Å². The van der Waals surface area contributed by atoms with Crippen LogP contribution in [0.3, 0.4) is 0 Å². The first-order valence-electron chi connectivity index (χ1n) is 10.9. The van der Waals surface area contributed by atoms with Gasteiger partial charge in [-0.1, -0.05) is 39.5 Å². The fourth-order valence-corrected chi connectivity index (χ4v) is 1.32. The third-order valence-corrected chi connectivity index (χ3v) is 2.59. The fourth-order valence-electron chi connectivity index (χ4n) is 1.32. The Morgan fingerprint density at radius 2 is 0.462 bits per heavy atom. The van der Waals surface area contributed by atoms with Gasteiger partial charge in [0, 0.05) is 52.9 Å². The van der Waals surface area contributed by atoms with Crippen molar-refractivity contribution < 1.29 is 18.9 Å². The minimum Gasteiger partial charge on any atom is -0.382 e. The van der Waals surface area contributed by atoms with Gasteiger partial charge in [-0.05, 0) is 55.4 Å². The Morgan fingerprint density at radius 1 is 0.308 bits per heavy atom. The summed E-state index contributed by atoms with van der Waals surface area (Å²) in [5.74, 6) is 0. The summed E-state index contributed by atoms with van der Waals surface area (Å²) >= 11 is 0. The summed E-state index contributed by atoms with van der Waals surface area (Å²) in [6, 6.07) is 0. The van der Waals surface area contributed by atoms with E-state index in [-0.39, 0.29) is 0 Å². The largest absolute Gasteiger partial charge is 0.382 e. The van der Waals surface area contributed by atoms with Crippen molar-refractivity contribution in [3.8, 4) is 0 Å². The molecule has 0 atom stereocenters. The van der Waals surface area contributed by atoms with Crippen LogP contribution in [0, 0.1) is 0 Å². The molecule has 0 radical (unpaired) electrons. The molecule has 0 aromatic rings. The first-order valence-corrected chi connectivity index (χ1v) is 10.9. The zero-order chi connectivity index (χ0) is 21.3. The minimum atomic E-state index is 0.844. The van der Waals surface area contributed by atoms with Crippen LogP contribution in [0.1, 0.15) is 94.9 Å². The molecule has 0 rings (SSSR count). The molecular formula is C22H54O4. The Morgan fingerprint density at radius 3 is 0.500 bits per heavy atom. The van der Waals surface area contributed by atoms with E-state index in [0.29, 0.717) is 0 Å². The molecule has 0 unspecified atom stereocenters. The fraction of sp³-hybridized carbons (Fsp3) is 1.00. The van der Waals surface area contributed by atoms with Crippen LogP contribution in [0.5, 0.6) is 0 Å². The minimum absolute atomic E-state index is 0.844. The van der Waals surface area contributed by atoms with Crippen molar-refractivity contribution in [2.45, 2.75) is 94.9 Å². The molecule has 0 fully saturated rings. The first kappa shape index (κ1) is 36.7. The molecular weight excluding hydrogens is 328 g/mol. The lowest BCUT2D eigenvalue weighted by atomic mass is 10.2. The molecule has 4 heteroatoms. The molecule has 0 N–H and O–H groups in total. The van der Waals surface area contributed by atoms with Gasteiger partial charge in [0.05, 0.1) is 0 Å². The van der Waals surface area contributed by atoms with Crippen LogP contribution in [0.4, 0.5) is 0 Å². The van der Waals surface area contributed by atoms with E-state index in [1.165, 1.54) is 25.7 Å². The highest BCUT2D eigenvalue weighted by molar-refractivity contribution is 4.31. The van der Waals surface area contributed by atoms with Crippen LogP contribution in [-0.4, -0.2) is 52.9 Å². The third-order valence-electron chi connectivity index (χ3n) is 2.59. The van der Waals surface area contributed by atoms with Gasteiger partial charge in [0.2, 0.25) is 0 Å². The SMILES string of the molecule is CCCCCC.CCOCC.CCOCC.CCOCC.CCOCC. The second-order valence-electron chi connectivity index (χ2n) is 4.83. The molecule has 0 spiro atoms. The monoisotopic (exact) mass is 382 g/mol. The number of ether oxygens (including phenoxy) is 4. The summed E-state index contributed by atoms with van der Waals surface area (Å²) < 4.78 is 19.3. The van der Waals surface area contributed by atoms with Crippen molar-refractivity contribution in [2.75, 3.05) is 52.9 Å². The van der Waals surface area contributed by atoms with Crippen molar-refractivity contribution in [3.05, 3.63) is 0 Å². The Labute approximate surface area is 167 Å². The van der Waals surface area contributed by atoms with E-state index in [1.54, 1.807) is 0 Å². The summed E-state index contributed by atoms with van der Waals surface area (Å²) in [5, 5.41) is 0. The third kappa shape index (κ3) is 106. The van der Waals surface area contributed by atoms with Crippen LogP contribution in [0.15, 0.2) is 0 Å². The van der Waals surface area contributed by atoms with Crippen molar-refractivity contribution in [1.29, 1.82) is 0 Å². The summed E-state index contributed by atoms with van der Waals surface area (Å²) in [6.45, 7) is 27.1. The molecule has 0 aliphatic rings. The molecule has 0 saturated heterocycles. The quantitative estimate of drug-likeness (QED) is 0.370. The van der Waals surface area contributed by atoms with E-state index in [0.717, 1.165) is 52.9 Å². The summed E-state index contributed by atoms with van der Waals surface area (Å²) in [7, 11) is 0. The van der Waals surface area contributed by atoms with Gasteiger partial charge in [0.1, 0.15) is 0 Å². The lowest BCUT2D eigenvalue weighted by Crippen LogP contribution is -1.84. The predicted octanol–water partition coefficient (Wildman–Crippen LogP) is 6.76. The van der Waals surface area contributed by atoms with Gasteiger partial charge in [0.15, 0.2) is 0 Å². The molecule has 0 aromatic heterocycles. The number of rotatable bonds is 11. The Kier molecular flexibility index (Phi) is 79.4. The van der Waals surface area contributed by atoms with Crippen LogP contribution in [0.2, 0.25) is 0 Å². The lowest BCUT2D eigenvalue weighted by molar-refractivity contribution is 0.162. The average Bonchev–Trinajstić information content (AvgIpc) is 2.65. The van der Waals surface area contributed by atoms with Gasteiger partial charge in [-0.2, -0.15) is 0 Å². The second kappa shape index (κ2) is 56.3. The van der Waals surface area contributed by atoms with Gasteiger partial charge in [-0.15, -0.1) is 0 Å². The van der Waals surface area contributed by atoms with Crippen molar-refractivity contribution in [3.63, 3.8) is 0 Å². The molecule has 0 aliphatic heterocycles. The molecule has 166 valence electrons. The maximum atomic E-state index is 4.83. The molecule has 0 saturated carbocycles. The maximum absolute atomic E-state index is 4.83. The van der Waals surface area contributed by atoms with E-state index in [9.17, 15) is 0 Å². The lowest BCUT2D eigenvalue weighted by Gasteiger charge is -1.86. The van der Waals surface area contributed by atoms with Gasteiger partial charge in [0.25, 0.3) is 0 Å². The molecule has 0 amide bonds. The molecule has 4 nitrogen and oxygen atoms in total. The van der Waals surface area contributed by atoms with E-state index >= 15 is 0 Å². The summed E-state index contributed by atoms with van der Waals surface area (Å²) in [5.41, 5.74) is 0. The normalized spacial score (nSPS) is 8.54. The van der Waals surface area contributed by atoms with Gasteiger partial charge < -0.3 is 18.9 Å². The molecule has 0 aliphatic carbocycles. The Bertz CT molecular complexity index is 108. The van der Waals surface area contributed by atoms with E-state index < -0.39 is 0 Å². The zero-order valence-corrected chi connectivity index (χ0v) is 20.1. The summed E-state index contributed by atoms with van der Waals surface area (Å²) in [6.07, 6.45) is 5.54. The molecule has 0 aromatic carbocycles. The summed E-state index contributed by atoms with van der Waals surface area (Å²) in [4.78, 5) is 0. The maximum Gasteiger partial charge on any atom is 0.0437 e. The predicted molar refractivity (Wildman–Crippen MR) is 118 cm³/mol. The Hall–Kier alpha value is -0.160. The highest BCUT2D eigenvalue weighted by atomic mass is 16.5. The van der Waals surface area contributed by atoms with Crippen LogP contribution >= 0.6 is 0 Å². The standard InChI is InChI=1S/C6H14.4C4H10O/c1-3-5-6-4-2;4*1-3-5-4-2/h3-6H2,1-2H3;4*3-4H2,1-2H3. The first-order chi connectivity index (χ1) is 12.6. The topological polar surface area (TPSA) is 36.9 Å². The highest BCUT2D eigenvalue weighted by Crippen LogP contribution is 1.95. The molecule has 0 bridgehead atoms. The molecule has 26 heavy (non-hydrogen) atoms. The van der Waals surface area contributed by atoms with E-state index in [1.807, 2.05) is 55.4 Å².